The van der Waals surface area contributed by atoms with Gasteiger partial charge in [0.25, 0.3) is 0 Å². The quantitative estimate of drug-likeness (QED) is 0.475. The summed E-state index contributed by atoms with van der Waals surface area (Å²) < 4.78 is 9.62. The van der Waals surface area contributed by atoms with Crippen LogP contribution in [-0.4, -0.2) is 49.7 Å². The minimum atomic E-state index is -0.347. The topological polar surface area (TPSA) is 55.8 Å². The predicted octanol–water partition coefficient (Wildman–Crippen LogP) is 1.21. The van der Waals surface area contributed by atoms with Crippen molar-refractivity contribution in [3.05, 3.63) is 0 Å². The molecule has 0 saturated heterocycles. The first-order chi connectivity index (χ1) is 8.01. The number of hydrogen-bond donors (Lipinski definition) is 0. The van der Waals surface area contributed by atoms with E-state index in [0.29, 0.717) is 6.61 Å². The van der Waals surface area contributed by atoms with Crippen LogP contribution in [0.5, 0.6) is 0 Å². The molecule has 0 amide bonds. The van der Waals surface area contributed by atoms with E-state index in [2.05, 4.69) is 4.74 Å². The highest BCUT2D eigenvalue weighted by Crippen LogP contribution is 2.00. The summed E-state index contributed by atoms with van der Waals surface area (Å²) in [6.07, 6.45) is 1.85. The molecule has 0 spiro atoms. The van der Waals surface area contributed by atoms with E-state index in [9.17, 15) is 9.59 Å². The Balaban J connectivity index is 4.06. The fraction of sp³-hybridized carbons (Fsp3) is 0.833. The average molecular weight is 245 g/mol. The normalized spacial score (nSPS) is 10.7. The molecular weight excluding hydrogens is 222 g/mol. The van der Waals surface area contributed by atoms with Gasteiger partial charge in [0, 0.05) is 6.04 Å². The second-order valence-corrected chi connectivity index (χ2v) is 4.15. The van der Waals surface area contributed by atoms with Gasteiger partial charge in [0.2, 0.25) is 0 Å². The Morgan fingerprint density at radius 2 is 1.76 bits per heavy atom. The number of methoxy groups -OCH3 is 1. The molecule has 0 aromatic heterocycles. The number of carbonyl (C=O) groups is 2. The number of unbranched alkanes of at least 4 members (excludes halogenated alkanes) is 1. The highest BCUT2D eigenvalue weighted by atomic mass is 16.5. The zero-order valence-corrected chi connectivity index (χ0v) is 11.2. The number of ether oxygens (including phenoxy) is 2. The number of hydrogen-bond acceptors (Lipinski definition) is 5. The van der Waals surface area contributed by atoms with Gasteiger partial charge < -0.3 is 9.47 Å². The third-order valence-corrected chi connectivity index (χ3v) is 2.38. The van der Waals surface area contributed by atoms with E-state index in [1.165, 1.54) is 7.11 Å². The largest absolute Gasteiger partial charge is 0.468 e. The number of rotatable bonds is 8. The van der Waals surface area contributed by atoms with Crippen LogP contribution in [0.3, 0.4) is 0 Å². The second kappa shape index (κ2) is 8.98. The van der Waals surface area contributed by atoms with Crippen molar-refractivity contribution < 1.29 is 19.1 Å². The molecule has 0 radical (unpaired) electrons. The monoisotopic (exact) mass is 245 g/mol. The fourth-order valence-electron chi connectivity index (χ4n) is 1.19. The molecule has 0 aliphatic heterocycles. The summed E-state index contributed by atoms with van der Waals surface area (Å²) in [5, 5.41) is 0. The molecule has 0 atom stereocenters. The van der Waals surface area contributed by atoms with Gasteiger partial charge in [-0.2, -0.15) is 0 Å². The average Bonchev–Trinajstić information content (AvgIpc) is 2.28. The minimum Gasteiger partial charge on any atom is -0.468 e. The molecule has 5 nitrogen and oxygen atoms in total. The first-order valence-corrected chi connectivity index (χ1v) is 5.97. The van der Waals surface area contributed by atoms with E-state index in [4.69, 9.17) is 4.74 Å². The Morgan fingerprint density at radius 1 is 1.18 bits per heavy atom. The zero-order chi connectivity index (χ0) is 13.3. The summed E-state index contributed by atoms with van der Waals surface area (Å²) >= 11 is 0. The molecular formula is C12H23NO4. The molecule has 5 heteroatoms. The molecule has 0 heterocycles. The summed E-state index contributed by atoms with van der Waals surface area (Å²) in [5.74, 6) is -0.642. The van der Waals surface area contributed by atoms with Crippen molar-refractivity contribution in [1.82, 2.24) is 4.90 Å². The molecule has 17 heavy (non-hydrogen) atoms. The Hall–Kier alpha value is -1.10. The molecule has 0 aromatic carbocycles. The van der Waals surface area contributed by atoms with Gasteiger partial charge in [0.05, 0.1) is 26.8 Å². The van der Waals surface area contributed by atoms with Crippen molar-refractivity contribution in [3.8, 4) is 0 Å². The van der Waals surface area contributed by atoms with Crippen LogP contribution < -0.4 is 0 Å². The van der Waals surface area contributed by atoms with Gasteiger partial charge in [-0.15, -0.1) is 0 Å². The third-order valence-electron chi connectivity index (χ3n) is 2.38. The van der Waals surface area contributed by atoms with E-state index < -0.39 is 0 Å². The lowest BCUT2D eigenvalue weighted by atomic mass is 10.3. The summed E-state index contributed by atoms with van der Waals surface area (Å²) in [4.78, 5) is 24.4. The zero-order valence-electron chi connectivity index (χ0n) is 11.2. The van der Waals surface area contributed by atoms with E-state index in [1.54, 1.807) is 4.90 Å². The second-order valence-electron chi connectivity index (χ2n) is 4.15. The summed E-state index contributed by atoms with van der Waals surface area (Å²) in [6, 6.07) is 0.0906. The maximum atomic E-state index is 11.5. The van der Waals surface area contributed by atoms with Gasteiger partial charge in [-0.25, -0.2) is 0 Å². The summed E-state index contributed by atoms with van der Waals surface area (Å²) in [7, 11) is 1.33. The van der Waals surface area contributed by atoms with Crippen molar-refractivity contribution in [2.75, 3.05) is 26.8 Å². The van der Waals surface area contributed by atoms with E-state index in [-0.39, 0.29) is 31.1 Å². The van der Waals surface area contributed by atoms with Gasteiger partial charge in [0.1, 0.15) is 0 Å². The smallest absolute Gasteiger partial charge is 0.320 e. The Morgan fingerprint density at radius 3 is 2.24 bits per heavy atom. The maximum absolute atomic E-state index is 11.5. The van der Waals surface area contributed by atoms with Crippen molar-refractivity contribution >= 4 is 11.9 Å². The lowest BCUT2D eigenvalue weighted by Gasteiger charge is -2.23. The highest BCUT2D eigenvalue weighted by Gasteiger charge is 2.18. The van der Waals surface area contributed by atoms with Crippen molar-refractivity contribution in [2.45, 2.75) is 39.7 Å². The first-order valence-electron chi connectivity index (χ1n) is 5.97. The van der Waals surface area contributed by atoms with Crippen LogP contribution >= 0.6 is 0 Å². The first kappa shape index (κ1) is 15.9. The standard InChI is InChI=1S/C12H23NO4/c1-5-6-7-17-12(15)9-13(10(2)3)8-11(14)16-4/h10H,5-9H2,1-4H3. The van der Waals surface area contributed by atoms with E-state index in [1.807, 2.05) is 20.8 Å². The third kappa shape index (κ3) is 7.74. The lowest BCUT2D eigenvalue weighted by molar-refractivity contribution is -0.148. The lowest BCUT2D eigenvalue weighted by Crippen LogP contribution is -2.40. The van der Waals surface area contributed by atoms with Crippen LogP contribution in [0.4, 0.5) is 0 Å². The molecule has 0 unspecified atom stereocenters. The van der Waals surface area contributed by atoms with Gasteiger partial charge in [-0.05, 0) is 20.3 Å². The van der Waals surface area contributed by atoms with Crippen molar-refractivity contribution in [1.29, 1.82) is 0 Å². The summed E-state index contributed by atoms with van der Waals surface area (Å²) in [5.41, 5.74) is 0. The molecule has 0 bridgehead atoms. The van der Waals surface area contributed by atoms with Crippen molar-refractivity contribution in [3.63, 3.8) is 0 Å². The Labute approximate surface area is 103 Å². The van der Waals surface area contributed by atoms with Crippen LogP contribution in [-0.2, 0) is 19.1 Å². The van der Waals surface area contributed by atoms with Crippen molar-refractivity contribution in [2.24, 2.45) is 0 Å². The predicted molar refractivity (Wildman–Crippen MR) is 64.6 cm³/mol. The molecule has 0 N–H and O–H groups in total. The molecule has 0 saturated carbocycles. The van der Waals surface area contributed by atoms with E-state index >= 15 is 0 Å². The maximum Gasteiger partial charge on any atom is 0.320 e. The van der Waals surface area contributed by atoms with Gasteiger partial charge >= 0.3 is 11.9 Å². The highest BCUT2D eigenvalue weighted by molar-refractivity contribution is 5.75. The fourth-order valence-corrected chi connectivity index (χ4v) is 1.19. The molecule has 0 aromatic rings. The van der Waals surface area contributed by atoms with Gasteiger partial charge in [-0.3, -0.25) is 14.5 Å². The van der Waals surface area contributed by atoms with Crippen LogP contribution in [0.2, 0.25) is 0 Å². The molecule has 0 aliphatic rings. The van der Waals surface area contributed by atoms with Gasteiger partial charge in [-0.1, -0.05) is 13.3 Å². The molecule has 0 fully saturated rings. The molecule has 0 rings (SSSR count). The number of carbonyl (C=O) groups excluding carboxylic acids is 2. The van der Waals surface area contributed by atoms with Crippen LogP contribution in [0.15, 0.2) is 0 Å². The van der Waals surface area contributed by atoms with Gasteiger partial charge in [0.15, 0.2) is 0 Å². The van der Waals surface area contributed by atoms with E-state index in [0.717, 1.165) is 12.8 Å². The van der Waals surface area contributed by atoms with Crippen LogP contribution in [0.25, 0.3) is 0 Å². The molecule has 0 aliphatic carbocycles. The number of esters is 2. The molecule has 100 valence electrons. The SMILES string of the molecule is CCCCOC(=O)CN(CC(=O)OC)C(C)C. The Kier molecular flexibility index (Phi) is 8.40. The number of nitrogens with zero attached hydrogens (tertiary/aromatic N) is 1. The van der Waals surface area contributed by atoms with Crippen LogP contribution in [0.1, 0.15) is 33.6 Å². The summed E-state index contributed by atoms with van der Waals surface area (Å²) in [6.45, 7) is 6.54. The minimum absolute atomic E-state index is 0.0906. The van der Waals surface area contributed by atoms with Crippen LogP contribution in [0, 0.1) is 0 Å². The Bertz CT molecular complexity index is 241.